The monoisotopic (exact) mass is 284 g/mol. The summed E-state index contributed by atoms with van der Waals surface area (Å²) in [5.41, 5.74) is 6.13. The molecule has 0 heterocycles. The van der Waals surface area contributed by atoms with E-state index in [2.05, 4.69) is 4.72 Å². The van der Waals surface area contributed by atoms with Crippen molar-refractivity contribution in [1.82, 2.24) is 4.72 Å². The Morgan fingerprint density at radius 2 is 1.94 bits per heavy atom. The van der Waals surface area contributed by atoms with Crippen LogP contribution >= 0.6 is 12.2 Å². The number of hydrogen-bond donors (Lipinski definition) is 2. The molecule has 2 rings (SSSR count). The van der Waals surface area contributed by atoms with Crippen molar-refractivity contribution in [2.24, 2.45) is 11.7 Å². The summed E-state index contributed by atoms with van der Waals surface area (Å²) < 4.78 is 26.5. The fraction of sp³-hybridized carbons (Fsp3) is 0.417. The van der Waals surface area contributed by atoms with Crippen molar-refractivity contribution in [3.63, 3.8) is 0 Å². The molecule has 1 aromatic carbocycles. The van der Waals surface area contributed by atoms with Crippen LogP contribution in [0.5, 0.6) is 0 Å². The Morgan fingerprint density at radius 3 is 2.44 bits per heavy atom. The largest absolute Gasteiger partial charge is 0.389 e. The average Bonchev–Trinajstić information content (AvgIpc) is 3.13. The third-order valence-electron chi connectivity index (χ3n) is 2.99. The summed E-state index contributed by atoms with van der Waals surface area (Å²) in [6, 6.07) is 6.29. The number of benzene rings is 1. The van der Waals surface area contributed by atoms with E-state index < -0.39 is 10.0 Å². The van der Waals surface area contributed by atoms with E-state index in [0.29, 0.717) is 18.0 Å². The number of rotatable bonds is 6. The van der Waals surface area contributed by atoms with Crippen molar-refractivity contribution < 1.29 is 8.42 Å². The molecule has 98 valence electrons. The maximum absolute atomic E-state index is 11.9. The molecule has 0 spiro atoms. The van der Waals surface area contributed by atoms with Gasteiger partial charge in [0.25, 0.3) is 0 Å². The molecule has 0 aromatic heterocycles. The van der Waals surface area contributed by atoms with Gasteiger partial charge in [0.15, 0.2) is 0 Å². The molecule has 1 aromatic rings. The molecule has 0 atom stereocenters. The van der Waals surface area contributed by atoms with Gasteiger partial charge in [-0.05, 0) is 24.5 Å². The van der Waals surface area contributed by atoms with Gasteiger partial charge in [0.05, 0.1) is 4.90 Å². The predicted molar refractivity (Wildman–Crippen MR) is 74.9 cm³/mol. The fourth-order valence-corrected chi connectivity index (χ4v) is 2.87. The van der Waals surface area contributed by atoms with E-state index in [1.807, 2.05) is 0 Å². The summed E-state index contributed by atoms with van der Waals surface area (Å²) in [6.45, 7) is 0.504. The van der Waals surface area contributed by atoms with Gasteiger partial charge in [0.2, 0.25) is 10.0 Å². The summed E-state index contributed by atoms with van der Waals surface area (Å²) in [4.78, 5) is 0.513. The van der Waals surface area contributed by atoms with E-state index >= 15 is 0 Å². The zero-order valence-corrected chi connectivity index (χ0v) is 11.6. The third kappa shape index (κ3) is 3.51. The van der Waals surface area contributed by atoms with Gasteiger partial charge < -0.3 is 5.73 Å². The highest BCUT2D eigenvalue weighted by Crippen LogP contribution is 2.31. The maximum Gasteiger partial charge on any atom is 0.240 e. The van der Waals surface area contributed by atoms with Crippen molar-refractivity contribution in [3.05, 3.63) is 29.8 Å². The van der Waals surface area contributed by atoms with Crippen molar-refractivity contribution in [2.75, 3.05) is 6.54 Å². The Balaban J connectivity index is 2.01. The lowest BCUT2D eigenvalue weighted by atomic mass is 10.2. The van der Waals surface area contributed by atoms with E-state index in [1.54, 1.807) is 12.1 Å². The van der Waals surface area contributed by atoms with Crippen LogP contribution in [0.15, 0.2) is 29.2 Å². The normalized spacial score (nSPS) is 15.6. The highest BCUT2D eigenvalue weighted by molar-refractivity contribution is 7.89. The van der Waals surface area contributed by atoms with Crippen LogP contribution < -0.4 is 10.5 Å². The van der Waals surface area contributed by atoms with Gasteiger partial charge in [-0.15, -0.1) is 0 Å². The minimum absolute atomic E-state index is 0.248. The van der Waals surface area contributed by atoms with E-state index in [4.69, 9.17) is 18.0 Å². The van der Waals surface area contributed by atoms with Gasteiger partial charge in [0, 0.05) is 12.1 Å². The molecule has 0 bridgehead atoms. The molecule has 0 radical (unpaired) electrons. The van der Waals surface area contributed by atoms with E-state index in [-0.39, 0.29) is 9.88 Å². The van der Waals surface area contributed by atoms with Crippen LogP contribution in [0.4, 0.5) is 0 Å². The minimum atomic E-state index is -3.40. The lowest BCUT2D eigenvalue weighted by Gasteiger charge is -2.07. The SMILES string of the molecule is NC(=S)c1ccc(S(=O)(=O)NCCC2CC2)cc1. The second kappa shape index (κ2) is 5.34. The first kappa shape index (κ1) is 13.5. The zero-order chi connectivity index (χ0) is 13.2. The van der Waals surface area contributed by atoms with Crippen LogP contribution in [0.2, 0.25) is 0 Å². The van der Waals surface area contributed by atoms with Crippen molar-refractivity contribution >= 4 is 27.2 Å². The molecule has 3 N–H and O–H groups in total. The molecular formula is C12H16N2O2S2. The Labute approximate surface area is 113 Å². The lowest BCUT2D eigenvalue weighted by Crippen LogP contribution is -2.25. The Bertz CT molecular complexity index is 534. The van der Waals surface area contributed by atoms with E-state index in [9.17, 15) is 8.42 Å². The molecule has 6 heteroatoms. The Kier molecular flexibility index (Phi) is 3.99. The Hall–Kier alpha value is -0.980. The number of sulfonamides is 1. The van der Waals surface area contributed by atoms with Crippen LogP contribution in [-0.2, 0) is 10.0 Å². The molecule has 18 heavy (non-hydrogen) atoms. The summed E-state index contributed by atoms with van der Waals surface area (Å²) >= 11 is 4.82. The lowest BCUT2D eigenvalue weighted by molar-refractivity contribution is 0.575. The molecule has 1 saturated carbocycles. The standard InChI is InChI=1S/C12H16N2O2S2/c13-12(17)10-3-5-11(6-4-10)18(15,16)14-8-7-9-1-2-9/h3-6,9,14H,1-2,7-8H2,(H2,13,17). The minimum Gasteiger partial charge on any atom is -0.389 e. The van der Waals surface area contributed by atoms with E-state index in [0.717, 1.165) is 6.42 Å². The molecule has 0 aliphatic heterocycles. The summed E-state index contributed by atoms with van der Waals surface area (Å²) in [5, 5.41) is 0. The van der Waals surface area contributed by atoms with Gasteiger partial charge in [0.1, 0.15) is 4.99 Å². The maximum atomic E-state index is 11.9. The summed E-state index contributed by atoms with van der Waals surface area (Å²) in [5.74, 6) is 0.713. The number of nitrogens with one attached hydrogen (secondary N) is 1. The number of thiocarbonyl (C=S) groups is 1. The van der Waals surface area contributed by atoms with Gasteiger partial charge in [-0.3, -0.25) is 0 Å². The van der Waals surface area contributed by atoms with Crippen LogP contribution in [-0.4, -0.2) is 20.0 Å². The third-order valence-corrected chi connectivity index (χ3v) is 4.70. The molecule has 1 fully saturated rings. The number of hydrogen-bond acceptors (Lipinski definition) is 3. The average molecular weight is 284 g/mol. The second-order valence-electron chi connectivity index (χ2n) is 4.52. The van der Waals surface area contributed by atoms with Crippen LogP contribution in [0.3, 0.4) is 0 Å². The van der Waals surface area contributed by atoms with Gasteiger partial charge >= 0.3 is 0 Å². The first-order valence-electron chi connectivity index (χ1n) is 5.88. The van der Waals surface area contributed by atoms with Crippen molar-refractivity contribution in [1.29, 1.82) is 0 Å². The first-order valence-corrected chi connectivity index (χ1v) is 7.78. The smallest absolute Gasteiger partial charge is 0.240 e. The molecule has 0 saturated heterocycles. The molecule has 0 amide bonds. The van der Waals surface area contributed by atoms with Gasteiger partial charge in [-0.1, -0.05) is 37.2 Å². The van der Waals surface area contributed by atoms with E-state index in [1.165, 1.54) is 25.0 Å². The quantitative estimate of drug-likeness (QED) is 0.775. The molecule has 0 unspecified atom stereocenters. The molecular weight excluding hydrogens is 268 g/mol. The Morgan fingerprint density at radius 1 is 1.33 bits per heavy atom. The second-order valence-corrected chi connectivity index (χ2v) is 6.73. The fourth-order valence-electron chi connectivity index (χ4n) is 1.69. The summed E-state index contributed by atoms with van der Waals surface area (Å²) in [7, 11) is -3.40. The number of nitrogens with two attached hydrogens (primary N) is 1. The first-order chi connectivity index (χ1) is 8.49. The predicted octanol–water partition coefficient (Wildman–Crippen LogP) is 1.40. The van der Waals surface area contributed by atoms with Crippen LogP contribution in [0.25, 0.3) is 0 Å². The van der Waals surface area contributed by atoms with Gasteiger partial charge in [-0.2, -0.15) is 0 Å². The van der Waals surface area contributed by atoms with Crippen molar-refractivity contribution in [2.45, 2.75) is 24.2 Å². The highest BCUT2D eigenvalue weighted by atomic mass is 32.2. The van der Waals surface area contributed by atoms with Crippen LogP contribution in [0, 0.1) is 5.92 Å². The summed E-state index contributed by atoms with van der Waals surface area (Å²) in [6.07, 6.45) is 3.37. The molecule has 4 nitrogen and oxygen atoms in total. The topological polar surface area (TPSA) is 72.2 Å². The van der Waals surface area contributed by atoms with Crippen LogP contribution in [0.1, 0.15) is 24.8 Å². The zero-order valence-electron chi connectivity index (χ0n) is 9.93. The van der Waals surface area contributed by atoms with Gasteiger partial charge in [-0.25, -0.2) is 13.1 Å². The molecule has 1 aliphatic rings. The highest BCUT2D eigenvalue weighted by Gasteiger charge is 2.22. The molecule has 1 aliphatic carbocycles. The van der Waals surface area contributed by atoms with Crippen molar-refractivity contribution in [3.8, 4) is 0 Å².